The van der Waals surface area contributed by atoms with E-state index in [9.17, 15) is 9.90 Å². The number of nitrogens with zero attached hydrogens (tertiary/aromatic N) is 1. The molecule has 4 heteroatoms. The molecule has 120 valence electrons. The number of aryl methyl sites for hydroxylation is 1. The standard InChI is InChI=1S/C19H22N2O2/c1-15-6-8-16(9-7-15)14-20-10-12-21(13-11-20)18-5-3-2-4-17(18)19(22)23/h2-9H,10-14H2,1H3,(H,22,23). The van der Waals surface area contributed by atoms with Crippen molar-refractivity contribution in [3.8, 4) is 0 Å². The van der Waals surface area contributed by atoms with E-state index in [1.165, 1.54) is 16.0 Å². The van der Waals surface area contributed by atoms with Crippen LogP contribution < -0.4 is 14.9 Å². The summed E-state index contributed by atoms with van der Waals surface area (Å²) in [6.45, 7) is 6.88. The van der Waals surface area contributed by atoms with Gasteiger partial charge in [0.05, 0.1) is 32.1 Å². The fraction of sp³-hybridized carbons (Fsp3) is 0.316. The van der Waals surface area contributed by atoms with Gasteiger partial charge in [0, 0.05) is 16.8 Å². The van der Waals surface area contributed by atoms with Crippen LogP contribution in [-0.2, 0) is 6.54 Å². The summed E-state index contributed by atoms with van der Waals surface area (Å²) in [5.74, 6) is -1.10. The molecule has 3 rings (SSSR count). The molecule has 1 aliphatic rings. The Labute approximate surface area is 137 Å². The Kier molecular flexibility index (Phi) is 4.63. The number of carbonyl (C=O) groups excluding carboxylic acids is 1. The molecule has 1 heterocycles. The van der Waals surface area contributed by atoms with Gasteiger partial charge in [-0.2, -0.15) is 0 Å². The number of quaternary nitrogens is 1. The Morgan fingerprint density at radius 2 is 1.74 bits per heavy atom. The number of benzene rings is 2. The van der Waals surface area contributed by atoms with Crippen LogP contribution in [-0.4, -0.2) is 32.1 Å². The molecule has 1 aliphatic heterocycles. The van der Waals surface area contributed by atoms with Gasteiger partial charge in [0.15, 0.2) is 0 Å². The summed E-state index contributed by atoms with van der Waals surface area (Å²) in [5, 5.41) is 11.3. The Morgan fingerprint density at radius 1 is 1.09 bits per heavy atom. The topological polar surface area (TPSA) is 47.8 Å². The maximum Gasteiger partial charge on any atom is 0.103 e. The first-order valence-corrected chi connectivity index (χ1v) is 8.08. The van der Waals surface area contributed by atoms with E-state index in [1.807, 2.05) is 12.1 Å². The van der Waals surface area contributed by atoms with Crippen molar-refractivity contribution in [3.63, 3.8) is 0 Å². The highest BCUT2D eigenvalue weighted by molar-refractivity contribution is 5.93. The van der Waals surface area contributed by atoms with Crippen LogP contribution in [0.15, 0.2) is 48.5 Å². The molecule has 0 amide bonds. The van der Waals surface area contributed by atoms with E-state index in [1.54, 1.807) is 12.1 Å². The zero-order chi connectivity index (χ0) is 16.2. The second-order valence-electron chi connectivity index (χ2n) is 6.20. The molecule has 0 aromatic heterocycles. The Bertz CT molecular complexity index is 674. The lowest BCUT2D eigenvalue weighted by molar-refractivity contribution is -0.914. The van der Waals surface area contributed by atoms with Gasteiger partial charge in [0.2, 0.25) is 0 Å². The van der Waals surface area contributed by atoms with Gasteiger partial charge in [0.1, 0.15) is 6.54 Å². The first-order valence-electron chi connectivity index (χ1n) is 8.08. The molecule has 23 heavy (non-hydrogen) atoms. The maximum absolute atomic E-state index is 11.3. The molecule has 2 aromatic rings. The lowest BCUT2D eigenvalue weighted by atomic mass is 10.1. The van der Waals surface area contributed by atoms with E-state index in [0.717, 1.165) is 38.4 Å². The zero-order valence-corrected chi connectivity index (χ0v) is 13.4. The van der Waals surface area contributed by atoms with Gasteiger partial charge in [-0.15, -0.1) is 0 Å². The predicted molar refractivity (Wildman–Crippen MR) is 88.6 cm³/mol. The van der Waals surface area contributed by atoms with Gasteiger partial charge < -0.3 is 19.7 Å². The number of carboxylic acid groups (broad SMARTS) is 1. The van der Waals surface area contributed by atoms with Crippen LogP contribution >= 0.6 is 0 Å². The first kappa shape index (κ1) is 15.6. The van der Waals surface area contributed by atoms with Crippen LogP contribution in [0.3, 0.4) is 0 Å². The van der Waals surface area contributed by atoms with Crippen molar-refractivity contribution in [1.82, 2.24) is 0 Å². The van der Waals surface area contributed by atoms with Gasteiger partial charge in [-0.05, 0) is 13.0 Å². The molecule has 0 unspecified atom stereocenters. The molecular formula is C19H22N2O2. The fourth-order valence-electron chi connectivity index (χ4n) is 3.16. The van der Waals surface area contributed by atoms with Crippen LogP contribution in [0.1, 0.15) is 21.5 Å². The second kappa shape index (κ2) is 6.84. The van der Waals surface area contributed by atoms with E-state index in [0.29, 0.717) is 0 Å². The van der Waals surface area contributed by atoms with Crippen molar-refractivity contribution in [2.75, 3.05) is 31.1 Å². The van der Waals surface area contributed by atoms with Crippen molar-refractivity contribution in [2.24, 2.45) is 0 Å². The van der Waals surface area contributed by atoms with Crippen LogP contribution in [0.2, 0.25) is 0 Å². The molecule has 0 atom stereocenters. The Hall–Kier alpha value is -2.33. The number of piperazine rings is 1. The second-order valence-corrected chi connectivity index (χ2v) is 6.20. The normalized spacial score (nSPS) is 15.6. The largest absolute Gasteiger partial charge is 0.545 e. The van der Waals surface area contributed by atoms with Crippen LogP contribution in [0.25, 0.3) is 0 Å². The van der Waals surface area contributed by atoms with Crippen LogP contribution in [0.4, 0.5) is 5.69 Å². The number of anilines is 1. The van der Waals surface area contributed by atoms with Crippen molar-refractivity contribution in [3.05, 3.63) is 65.2 Å². The number of para-hydroxylation sites is 1. The average molecular weight is 310 g/mol. The summed E-state index contributed by atoms with van der Waals surface area (Å²) in [6.07, 6.45) is 0. The monoisotopic (exact) mass is 310 g/mol. The highest BCUT2D eigenvalue weighted by atomic mass is 16.4. The third kappa shape index (κ3) is 3.71. The molecule has 0 saturated carbocycles. The van der Waals surface area contributed by atoms with Crippen molar-refractivity contribution in [1.29, 1.82) is 0 Å². The molecule has 0 bridgehead atoms. The van der Waals surface area contributed by atoms with Gasteiger partial charge in [-0.25, -0.2) is 0 Å². The Morgan fingerprint density at radius 3 is 2.39 bits per heavy atom. The maximum atomic E-state index is 11.3. The molecular weight excluding hydrogens is 288 g/mol. The third-order valence-corrected chi connectivity index (χ3v) is 4.51. The minimum absolute atomic E-state index is 0.287. The number of carboxylic acids is 1. The lowest BCUT2D eigenvalue weighted by Gasteiger charge is -2.34. The number of nitrogens with one attached hydrogen (secondary N) is 1. The Balaban J connectivity index is 1.62. The molecule has 4 nitrogen and oxygen atoms in total. The van der Waals surface area contributed by atoms with Crippen molar-refractivity contribution >= 4 is 11.7 Å². The summed E-state index contributed by atoms with van der Waals surface area (Å²) < 4.78 is 0. The third-order valence-electron chi connectivity index (χ3n) is 4.51. The van der Waals surface area contributed by atoms with Crippen molar-refractivity contribution < 1.29 is 14.8 Å². The lowest BCUT2D eigenvalue weighted by Crippen LogP contribution is -3.13. The van der Waals surface area contributed by atoms with E-state index in [-0.39, 0.29) is 5.56 Å². The molecule has 0 radical (unpaired) electrons. The summed E-state index contributed by atoms with van der Waals surface area (Å²) in [7, 11) is 0. The minimum Gasteiger partial charge on any atom is -0.545 e. The number of rotatable bonds is 4. The van der Waals surface area contributed by atoms with Crippen molar-refractivity contribution in [2.45, 2.75) is 13.5 Å². The summed E-state index contributed by atoms with van der Waals surface area (Å²) in [5.41, 5.74) is 3.71. The number of hydrogen-bond donors (Lipinski definition) is 1. The van der Waals surface area contributed by atoms with Gasteiger partial charge in [-0.3, -0.25) is 0 Å². The molecule has 1 saturated heterocycles. The van der Waals surface area contributed by atoms with E-state index in [2.05, 4.69) is 36.1 Å². The quantitative estimate of drug-likeness (QED) is 0.881. The minimum atomic E-state index is -1.10. The molecule has 0 spiro atoms. The zero-order valence-electron chi connectivity index (χ0n) is 13.4. The van der Waals surface area contributed by atoms with E-state index < -0.39 is 5.97 Å². The SMILES string of the molecule is Cc1ccc(C[NH+]2CCN(c3ccccc3C(=O)[O-])CC2)cc1. The number of aromatic carboxylic acids is 1. The number of hydrogen-bond acceptors (Lipinski definition) is 3. The summed E-state index contributed by atoms with van der Waals surface area (Å²) >= 11 is 0. The highest BCUT2D eigenvalue weighted by Gasteiger charge is 2.21. The van der Waals surface area contributed by atoms with Gasteiger partial charge >= 0.3 is 0 Å². The molecule has 1 N–H and O–H groups in total. The number of carbonyl (C=O) groups is 1. The molecule has 2 aromatic carbocycles. The van der Waals surface area contributed by atoms with Gasteiger partial charge in [-0.1, -0.05) is 48.0 Å². The smallest absolute Gasteiger partial charge is 0.103 e. The van der Waals surface area contributed by atoms with Crippen LogP contribution in [0, 0.1) is 6.92 Å². The highest BCUT2D eigenvalue weighted by Crippen LogP contribution is 2.19. The summed E-state index contributed by atoms with van der Waals surface area (Å²) in [4.78, 5) is 14.9. The fourth-order valence-corrected chi connectivity index (χ4v) is 3.16. The van der Waals surface area contributed by atoms with Crippen LogP contribution in [0.5, 0.6) is 0 Å². The first-order chi connectivity index (χ1) is 11.1. The predicted octanol–water partition coefficient (Wildman–Crippen LogP) is 0.264. The molecule has 0 aliphatic carbocycles. The van der Waals surface area contributed by atoms with E-state index in [4.69, 9.17) is 0 Å². The summed E-state index contributed by atoms with van der Waals surface area (Å²) in [6, 6.07) is 15.8. The molecule has 1 fully saturated rings. The van der Waals surface area contributed by atoms with Gasteiger partial charge in [0.25, 0.3) is 0 Å². The average Bonchev–Trinajstić information content (AvgIpc) is 2.58. The van der Waals surface area contributed by atoms with E-state index >= 15 is 0 Å².